The fraction of sp³-hybridized carbons (Fsp3) is 0.417. The van der Waals surface area contributed by atoms with Crippen LogP contribution >= 0.6 is 0 Å². The molecule has 1 fully saturated rings. The molecule has 9 heteroatoms. The largest absolute Gasteiger partial charge is 0.348 e. The van der Waals surface area contributed by atoms with Gasteiger partial charge in [0.1, 0.15) is 5.82 Å². The lowest BCUT2D eigenvalue weighted by molar-refractivity contribution is -0.136. The Morgan fingerprint density at radius 2 is 1.79 bits per heavy atom. The van der Waals surface area contributed by atoms with Crippen molar-refractivity contribution in [2.75, 3.05) is 18.4 Å². The molecule has 2 N–H and O–H groups in total. The summed E-state index contributed by atoms with van der Waals surface area (Å²) in [6.07, 6.45) is 2.65. The molecule has 1 saturated heterocycles. The van der Waals surface area contributed by atoms with Gasteiger partial charge in [-0.15, -0.1) is 0 Å². The summed E-state index contributed by atoms with van der Waals surface area (Å²) >= 11 is 0. The predicted octanol–water partition coefficient (Wildman–Crippen LogP) is 3.44. The number of rotatable bonds is 6. The Balaban J connectivity index is 1.61. The van der Waals surface area contributed by atoms with Crippen molar-refractivity contribution in [3.8, 4) is 0 Å². The number of carbonyl (C=O) groups is 2. The van der Waals surface area contributed by atoms with Gasteiger partial charge in [-0.3, -0.25) is 9.59 Å². The van der Waals surface area contributed by atoms with Gasteiger partial charge in [-0.05, 0) is 81.0 Å². The Morgan fingerprint density at radius 3 is 2.52 bits per heavy atom. The van der Waals surface area contributed by atoms with Crippen LogP contribution in [0.15, 0.2) is 41.3 Å². The van der Waals surface area contributed by atoms with Crippen LogP contribution in [0.5, 0.6) is 0 Å². The summed E-state index contributed by atoms with van der Waals surface area (Å²) in [7, 11) is -3.80. The van der Waals surface area contributed by atoms with Crippen LogP contribution in [-0.4, -0.2) is 43.7 Å². The van der Waals surface area contributed by atoms with E-state index in [1.54, 1.807) is 13.0 Å². The standard InChI is InChI=1S/C24H30FN3O4S/c1-16-7-8-17(2)21(14-16)27-24(30)23(29)26-12-11-20-6-4-5-13-28(20)33(31,32)22-10-9-19(25)15-18(22)3/h7-10,14-15,20H,4-6,11-13H2,1-3H3,(H,26,29)(H,27,30)/t20-/m0/s1. The third-order valence-electron chi connectivity index (χ3n) is 5.91. The lowest BCUT2D eigenvalue weighted by atomic mass is 10.0. The highest BCUT2D eigenvalue weighted by Gasteiger charge is 2.34. The van der Waals surface area contributed by atoms with Gasteiger partial charge in [-0.2, -0.15) is 4.31 Å². The van der Waals surface area contributed by atoms with Crippen molar-refractivity contribution in [1.82, 2.24) is 9.62 Å². The number of halogens is 1. The first-order valence-electron chi connectivity index (χ1n) is 11.0. The van der Waals surface area contributed by atoms with Crippen LogP contribution in [-0.2, 0) is 19.6 Å². The summed E-state index contributed by atoms with van der Waals surface area (Å²) in [4.78, 5) is 24.6. The van der Waals surface area contributed by atoms with E-state index < -0.39 is 27.7 Å². The molecule has 0 saturated carbocycles. The van der Waals surface area contributed by atoms with Gasteiger partial charge in [0.15, 0.2) is 0 Å². The van der Waals surface area contributed by atoms with Crippen molar-refractivity contribution in [1.29, 1.82) is 0 Å². The Labute approximate surface area is 194 Å². The first kappa shape index (κ1) is 24.9. The molecule has 0 aliphatic carbocycles. The van der Waals surface area contributed by atoms with E-state index in [2.05, 4.69) is 10.6 Å². The molecule has 7 nitrogen and oxygen atoms in total. The number of anilines is 1. The molecule has 1 aliphatic heterocycles. The Bertz CT molecular complexity index is 1150. The SMILES string of the molecule is Cc1ccc(C)c(NC(=O)C(=O)NCC[C@@H]2CCCCN2S(=O)(=O)c2ccc(F)cc2C)c1. The topological polar surface area (TPSA) is 95.6 Å². The lowest BCUT2D eigenvalue weighted by Crippen LogP contribution is -2.46. The van der Waals surface area contributed by atoms with E-state index in [-0.39, 0.29) is 17.5 Å². The van der Waals surface area contributed by atoms with Crippen LogP contribution in [0.2, 0.25) is 0 Å². The normalized spacial score (nSPS) is 16.9. The summed E-state index contributed by atoms with van der Waals surface area (Å²) in [5.41, 5.74) is 2.75. The number of nitrogens with zero attached hydrogens (tertiary/aromatic N) is 1. The minimum atomic E-state index is -3.80. The molecule has 2 aromatic carbocycles. The second-order valence-electron chi connectivity index (χ2n) is 8.49. The van der Waals surface area contributed by atoms with E-state index in [4.69, 9.17) is 0 Å². The monoisotopic (exact) mass is 475 g/mol. The molecular weight excluding hydrogens is 445 g/mol. The summed E-state index contributed by atoms with van der Waals surface area (Å²) in [6.45, 7) is 5.84. The molecule has 178 valence electrons. The Hall–Kier alpha value is -2.78. The lowest BCUT2D eigenvalue weighted by Gasteiger charge is -2.35. The number of hydrogen-bond acceptors (Lipinski definition) is 4. The maximum Gasteiger partial charge on any atom is 0.313 e. The zero-order chi connectivity index (χ0) is 24.2. The second-order valence-corrected chi connectivity index (χ2v) is 10.4. The van der Waals surface area contributed by atoms with E-state index in [1.807, 2.05) is 26.0 Å². The fourth-order valence-electron chi connectivity index (χ4n) is 4.09. The average molecular weight is 476 g/mol. The van der Waals surface area contributed by atoms with Gasteiger partial charge in [-0.1, -0.05) is 18.6 Å². The van der Waals surface area contributed by atoms with Crippen molar-refractivity contribution in [3.05, 3.63) is 58.9 Å². The van der Waals surface area contributed by atoms with Gasteiger partial charge in [0.05, 0.1) is 4.90 Å². The van der Waals surface area contributed by atoms with E-state index in [0.29, 0.717) is 30.6 Å². The summed E-state index contributed by atoms with van der Waals surface area (Å²) in [5, 5.41) is 5.21. The van der Waals surface area contributed by atoms with Crippen LogP contribution in [0.3, 0.4) is 0 Å². The molecule has 0 spiro atoms. The molecule has 33 heavy (non-hydrogen) atoms. The molecule has 0 unspecified atom stereocenters. The summed E-state index contributed by atoms with van der Waals surface area (Å²) < 4.78 is 41.4. The maximum atomic E-state index is 13.5. The number of benzene rings is 2. The molecule has 1 atom stereocenters. The van der Waals surface area contributed by atoms with Crippen LogP contribution in [0, 0.1) is 26.6 Å². The van der Waals surface area contributed by atoms with Crippen molar-refractivity contribution in [3.63, 3.8) is 0 Å². The van der Waals surface area contributed by atoms with Gasteiger partial charge in [0.25, 0.3) is 0 Å². The molecule has 3 rings (SSSR count). The predicted molar refractivity (Wildman–Crippen MR) is 125 cm³/mol. The number of hydrogen-bond donors (Lipinski definition) is 2. The minimum Gasteiger partial charge on any atom is -0.348 e. The van der Waals surface area contributed by atoms with E-state index in [9.17, 15) is 22.4 Å². The molecule has 0 bridgehead atoms. The van der Waals surface area contributed by atoms with Crippen LogP contribution in [0.4, 0.5) is 10.1 Å². The van der Waals surface area contributed by atoms with E-state index in [1.165, 1.54) is 16.4 Å². The van der Waals surface area contributed by atoms with E-state index in [0.717, 1.165) is 30.0 Å². The number of nitrogens with one attached hydrogen (secondary N) is 2. The zero-order valence-corrected chi connectivity index (χ0v) is 20.0. The third kappa shape index (κ3) is 5.97. The van der Waals surface area contributed by atoms with Crippen molar-refractivity contribution in [2.24, 2.45) is 0 Å². The number of carbonyl (C=O) groups excluding carboxylic acids is 2. The van der Waals surface area contributed by atoms with Gasteiger partial charge in [-0.25, -0.2) is 12.8 Å². The highest BCUT2D eigenvalue weighted by atomic mass is 32.2. The van der Waals surface area contributed by atoms with Crippen molar-refractivity contribution in [2.45, 2.75) is 57.4 Å². The summed E-state index contributed by atoms with van der Waals surface area (Å²) in [5.74, 6) is -2.02. The number of sulfonamides is 1. The summed E-state index contributed by atoms with van der Waals surface area (Å²) in [6, 6.07) is 8.92. The van der Waals surface area contributed by atoms with Crippen LogP contribution in [0.25, 0.3) is 0 Å². The highest BCUT2D eigenvalue weighted by molar-refractivity contribution is 7.89. The van der Waals surface area contributed by atoms with Gasteiger partial charge in [0, 0.05) is 24.8 Å². The molecule has 1 aliphatic rings. The molecular formula is C24H30FN3O4S. The highest BCUT2D eigenvalue weighted by Crippen LogP contribution is 2.28. The smallest absolute Gasteiger partial charge is 0.313 e. The van der Waals surface area contributed by atoms with Gasteiger partial charge in [0.2, 0.25) is 10.0 Å². The van der Waals surface area contributed by atoms with Crippen LogP contribution < -0.4 is 10.6 Å². The zero-order valence-electron chi connectivity index (χ0n) is 19.2. The molecule has 0 radical (unpaired) electrons. The average Bonchev–Trinajstić information content (AvgIpc) is 2.76. The number of aryl methyl sites for hydroxylation is 3. The van der Waals surface area contributed by atoms with Crippen molar-refractivity contribution >= 4 is 27.5 Å². The molecule has 2 aromatic rings. The first-order valence-corrected chi connectivity index (χ1v) is 12.5. The molecule has 1 heterocycles. The first-order chi connectivity index (χ1) is 15.6. The molecule has 2 amide bonds. The number of amides is 2. The maximum absolute atomic E-state index is 13.5. The molecule has 0 aromatic heterocycles. The van der Waals surface area contributed by atoms with Crippen LogP contribution in [0.1, 0.15) is 42.4 Å². The van der Waals surface area contributed by atoms with Crippen molar-refractivity contribution < 1.29 is 22.4 Å². The van der Waals surface area contributed by atoms with Gasteiger partial charge < -0.3 is 10.6 Å². The Morgan fingerprint density at radius 1 is 1.03 bits per heavy atom. The third-order valence-corrected chi connectivity index (χ3v) is 8.02. The van der Waals surface area contributed by atoms with E-state index >= 15 is 0 Å². The quantitative estimate of drug-likeness (QED) is 0.626. The Kier molecular flexibility index (Phi) is 7.86. The number of piperidine rings is 1. The second kappa shape index (κ2) is 10.4. The fourth-order valence-corrected chi connectivity index (χ4v) is 6.02. The van der Waals surface area contributed by atoms with Gasteiger partial charge >= 0.3 is 11.8 Å². The minimum absolute atomic E-state index is 0.0905.